The van der Waals surface area contributed by atoms with Gasteiger partial charge in [-0.05, 0) is 31.2 Å². The maximum absolute atomic E-state index is 12.1. The van der Waals surface area contributed by atoms with Gasteiger partial charge < -0.3 is 14.6 Å². The molecule has 0 spiro atoms. The van der Waals surface area contributed by atoms with Crippen molar-refractivity contribution in [2.24, 2.45) is 0 Å². The minimum absolute atomic E-state index is 0.273. The summed E-state index contributed by atoms with van der Waals surface area (Å²) in [6.07, 6.45) is 4.66. The molecular weight excluding hydrogens is 304 g/mol. The van der Waals surface area contributed by atoms with Gasteiger partial charge in [0.2, 0.25) is 0 Å². The molecule has 0 radical (unpaired) electrons. The zero-order valence-electron chi connectivity index (χ0n) is 13.3. The summed E-state index contributed by atoms with van der Waals surface area (Å²) in [7, 11) is 0. The van der Waals surface area contributed by atoms with E-state index in [0.29, 0.717) is 18.1 Å². The summed E-state index contributed by atoms with van der Waals surface area (Å²) < 4.78 is 5.18. The molecule has 2 aromatic heterocycles. The summed E-state index contributed by atoms with van der Waals surface area (Å²) in [6.45, 7) is 3.11. The average molecular weight is 322 g/mol. The molecule has 0 bridgehead atoms. The molecule has 3 aromatic rings. The third-order valence-corrected chi connectivity index (χ3v) is 3.53. The molecule has 6 nitrogen and oxygen atoms in total. The lowest BCUT2D eigenvalue weighted by molar-refractivity contribution is 0.0942. The number of para-hydroxylation sites is 1. The molecule has 2 heterocycles. The van der Waals surface area contributed by atoms with Gasteiger partial charge >= 0.3 is 0 Å². The number of carbonyl (C=O) groups excluding carboxylic acids is 1. The molecule has 1 amide bonds. The number of anilines is 2. The summed E-state index contributed by atoms with van der Waals surface area (Å²) in [5, 5.41) is 2.75. The second kappa shape index (κ2) is 7.41. The van der Waals surface area contributed by atoms with E-state index in [0.717, 1.165) is 12.2 Å². The summed E-state index contributed by atoms with van der Waals surface area (Å²) in [4.78, 5) is 22.7. The Morgan fingerprint density at radius 1 is 1.12 bits per heavy atom. The molecular formula is C18H18N4O2. The Labute approximate surface area is 140 Å². The minimum atomic E-state index is -0.284. The Bertz CT molecular complexity index is 771. The molecule has 0 saturated carbocycles. The van der Waals surface area contributed by atoms with Crippen molar-refractivity contribution < 1.29 is 9.21 Å². The third kappa shape index (κ3) is 3.60. The van der Waals surface area contributed by atoms with Crippen molar-refractivity contribution >= 4 is 17.4 Å². The molecule has 24 heavy (non-hydrogen) atoms. The van der Waals surface area contributed by atoms with Gasteiger partial charge in [-0.25, -0.2) is 9.97 Å². The number of carbonyl (C=O) groups is 1. The first kappa shape index (κ1) is 15.7. The quantitative estimate of drug-likeness (QED) is 0.755. The van der Waals surface area contributed by atoms with Crippen LogP contribution in [0.15, 0.2) is 65.5 Å². The van der Waals surface area contributed by atoms with Gasteiger partial charge in [-0.1, -0.05) is 18.2 Å². The lowest BCUT2D eigenvalue weighted by Gasteiger charge is -2.21. The molecule has 0 atom stereocenters. The first-order valence-electron chi connectivity index (χ1n) is 7.73. The number of furan rings is 1. The number of nitrogens with zero attached hydrogens (tertiary/aromatic N) is 3. The molecule has 6 heteroatoms. The van der Waals surface area contributed by atoms with Crippen molar-refractivity contribution in [3.8, 4) is 0 Å². The number of rotatable bonds is 6. The Morgan fingerprint density at radius 2 is 1.96 bits per heavy atom. The lowest BCUT2D eigenvalue weighted by atomic mass is 10.3. The smallest absolute Gasteiger partial charge is 0.271 e. The van der Waals surface area contributed by atoms with Gasteiger partial charge in [0.25, 0.3) is 5.91 Å². The maximum Gasteiger partial charge on any atom is 0.271 e. The zero-order chi connectivity index (χ0) is 16.8. The average Bonchev–Trinajstić information content (AvgIpc) is 3.15. The fraction of sp³-hybridized carbons (Fsp3) is 0.167. The van der Waals surface area contributed by atoms with Gasteiger partial charge in [0.1, 0.15) is 11.5 Å². The van der Waals surface area contributed by atoms with E-state index in [1.165, 1.54) is 6.20 Å². The highest BCUT2D eigenvalue weighted by molar-refractivity contribution is 5.92. The Balaban J connectivity index is 1.69. The monoisotopic (exact) mass is 322 g/mol. The van der Waals surface area contributed by atoms with Crippen LogP contribution in [0.1, 0.15) is 23.2 Å². The van der Waals surface area contributed by atoms with Gasteiger partial charge in [-0.2, -0.15) is 0 Å². The van der Waals surface area contributed by atoms with Crippen LogP contribution in [-0.4, -0.2) is 22.4 Å². The van der Waals surface area contributed by atoms with Gasteiger partial charge in [-0.15, -0.1) is 0 Å². The van der Waals surface area contributed by atoms with E-state index in [1.54, 1.807) is 24.6 Å². The van der Waals surface area contributed by atoms with Crippen LogP contribution in [0, 0.1) is 0 Å². The molecule has 0 saturated heterocycles. The second-order valence-corrected chi connectivity index (χ2v) is 5.10. The van der Waals surface area contributed by atoms with Crippen molar-refractivity contribution in [1.82, 2.24) is 15.3 Å². The highest BCUT2D eigenvalue weighted by atomic mass is 16.3. The topological polar surface area (TPSA) is 71.3 Å². The van der Waals surface area contributed by atoms with E-state index in [9.17, 15) is 4.79 Å². The number of amides is 1. The summed E-state index contributed by atoms with van der Waals surface area (Å²) >= 11 is 0. The van der Waals surface area contributed by atoms with E-state index >= 15 is 0 Å². The minimum Gasteiger partial charge on any atom is -0.467 e. The van der Waals surface area contributed by atoms with Crippen LogP contribution in [0.5, 0.6) is 0 Å². The van der Waals surface area contributed by atoms with Crippen LogP contribution in [0.4, 0.5) is 11.5 Å². The number of benzene rings is 1. The van der Waals surface area contributed by atoms with Crippen LogP contribution < -0.4 is 10.2 Å². The summed E-state index contributed by atoms with van der Waals surface area (Å²) in [6, 6.07) is 13.5. The van der Waals surface area contributed by atoms with Crippen molar-refractivity contribution in [1.29, 1.82) is 0 Å². The van der Waals surface area contributed by atoms with Crippen LogP contribution in [0.3, 0.4) is 0 Å². The fourth-order valence-corrected chi connectivity index (χ4v) is 2.33. The second-order valence-electron chi connectivity index (χ2n) is 5.10. The highest BCUT2D eigenvalue weighted by Gasteiger charge is 2.12. The molecule has 0 aliphatic heterocycles. The van der Waals surface area contributed by atoms with Crippen LogP contribution in [0.2, 0.25) is 0 Å². The Morgan fingerprint density at radius 3 is 2.58 bits per heavy atom. The molecule has 0 aliphatic carbocycles. The highest BCUT2D eigenvalue weighted by Crippen LogP contribution is 2.21. The Kier molecular flexibility index (Phi) is 4.86. The van der Waals surface area contributed by atoms with Crippen molar-refractivity contribution in [2.75, 3.05) is 11.4 Å². The van der Waals surface area contributed by atoms with Crippen molar-refractivity contribution in [3.05, 3.63) is 72.6 Å². The van der Waals surface area contributed by atoms with E-state index in [-0.39, 0.29) is 11.6 Å². The first-order valence-corrected chi connectivity index (χ1v) is 7.73. The lowest BCUT2D eigenvalue weighted by Crippen LogP contribution is -2.24. The molecule has 0 unspecified atom stereocenters. The molecule has 3 rings (SSSR count). The molecule has 0 aliphatic rings. The summed E-state index contributed by atoms with van der Waals surface area (Å²) in [5.74, 6) is 1.11. The predicted octanol–water partition coefficient (Wildman–Crippen LogP) is 3.16. The number of hydrogen-bond acceptors (Lipinski definition) is 5. The van der Waals surface area contributed by atoms with Crippen LogP contribution >= 0.6 is 0 Å². The predicted molar refractivity (Wildman–Crippen MR) is 91.0 cm³/mol. The van der Waals surface area contributed by atoms with Crippen molar-refractivity contribution in [2.45, 2.75) is 13.5 Å². The van der Waals surface area contributed by atoms with E-state index in [1.807, 2.05) is 42.2 Å². The van der Waals surface area contributed by atoms with Gasteiger partial charge in [0.05, 0.1) is 25.2 Å². The number of hydrogen-bond donors (Lipinski definition) is 1. The Hall–Kier alpha value is -3.15. The molecule has 1 N–H and O–H groups in total. The molecule has 122 valence electrons. The van der Waals surface area contributed by atoms with Crippen molar-refractivity contribution in [3.63, 3.8) is 0 Å². The molecule has 0 fully saturated rings. The standard InChI is InChI=1S/C18H18N4O2/c1-2-22(14-7-4-3-5-8-14)17-13-19-16(12-20-17)18(23)21-11-15-9-6-10-24-15/h3-10,12-13H,2,11H2,1H3,(H,21,23). The van der Waals surface area contributed by atoms with Gasteiger partial charge in [-0.3, -0.25) is 4.79 Å². The normalized spacial score (nSPS) is 10.4. The zero-order valence-corrected chi connectivity index (χ0v) is 13.3. The number of aromatic nitrogens is 2. The maximum atomic E-state index is 12.1. The van der Waals surface area contributed by atoms with E-state index in [2.05, 4.69) is 15.3 Å². The largest absolute Gasteiger partial charge is 0.467 e. The third-order valence-electron chi connectivity index (χ3n) is 3.53. The van der Waals surface area contributed by atoms with Crippen LogP contribution in [0.25, 0.3) is 0 Å². The fourth-order valence-electron chi connectivity index (χ4n) is 2.33. The first-order chi connectivity index (χ1) is 11.8. The van der Waals surface area contributed by atoms with E-state index < -0.39 is 0 Å². The number of nitrogens with one attached hydrogen (secondary N) is 1. The van der Waals surface area contributed by atoms with Gasteiger partial charge in [0, 0.05) is 12.2 Å². The van der Waals surface area contributed by atoms with E-state index in [4.69, 9.17) is 4.42 Å². The molecule has 1 aromatic carbocycles. The SMILES string of the molecule is CCN(c1ccccc1)c1cnc(C(=O)NCc2ccco2)cn1. The van der Waals surface area contributed by atoms with Gasteiger partial charge in [0.15, 0.2) is 5.82 Å². The van der Waals surface area contributed by atoms with Crippen LogP contribution in [-0.2, 0) is 6.54 Å². The summed E-state index contributed by atoms with van der Waals surface area (Å²) in [5.41, 5.74) is 1.30.